The van der Waals surface area contributed by atoms with Crippen molar-refractivity contribution in [2.24, 2.45) is 11.8 Å². The summed E-state index contributed by atoms with van der Waals surface area (Å²) in [6.45, 7) is 6.97. The fraction of sp³-hybridized carbons (Fsp3) is 0.559. The highest BCUT2D eigenvalue weighted by atomic mass is 35.5. The molecule has 47 heavy (non-hydrogen) atoms. The minimum atomic E-state index is -1.46. The maximum absolute atomic E-state index is 14.3. The summed E-state index contributed by atoms with van der Waals surface area (Å²) >= 11 is 6.32. The number of pyridine rings is 1. The van der Waals surface area contributed by atoms with Crippen molar-refractivity contribution >= 4 is 46.3 Å². The quantitative estimate of drug-likeness (QED) is 0.378. The zero-order chi connectivity index (χ0) is 34.1. The summed E-state index contributed by atoms with van der Waals surface area (Å²) in [7, 11) is 1.53. The third-order valence-electron chi connectivity index (χ3n) is 9.07. The first-order chi connectivity index (χ1) is 22.2. The number of carboxylic acids is 1. The number of amides is 3. The lowest BCUT2D eigenvalue weighted by Gasteiger charge is -2.31. The van der Waals surface area contributed by atoms with Crippen LogP contribution < -0.4 is 20.1 Å². The maximum atomic E-state index is 14.3. The Hall–Kier alpha value is -4.06. The van der Waals surface area contributed by atoms with E-state index in [1.54, 1.807) is 45.9 Å². The first-order valence-electron chi connectivity index (χ1n) is 16.0. The van der Waals surface area contributed by atoms with Gasteiger partial charge in [-0.15, -0.1) is 0 Å². The molecule has 3 aliphatic rings. The maximum Gasteiger partial charge on any atom is 0.408 e. The first kappa shape index (κ1) is 34.3. The normalized spacial score (nSPS) is 29.0. The van der Waals surface area contributed by atoms with Crippen molar-refractivity contribution < 1.29 is 38.5 Å². The molecule has 6 atom stereocenters. The molecule has 1 saturated carbocycles. The van der Waals surface area contributed by atoms with Crippen molar-refractivity contribution in [3.63, 3.8) is 0 Å². The highest BCUT2D eigenvalue weighted by Gasteiger charge is 2.62. The van der Waals surface area contributed by atoms with E-state index in [2.05, 4.69) is 15.6 Å². The van der Waals surface area contributed by atoms with Crippen molar-refractivity contribution in [3.05, 3.63) is 41.6 Å². The molecular weight excluding hydrogens is 628 g/mol. The second-order valence-corrected chi connectivity index (χ2v) is 14.1. The molecule has 2 aromatic rings. The van der Waals surface area contributed by atoms with Crippen molar-refractivity contribution in [2.45, 2.75) is 95.5 Å². The van der Waals surface area contributed by atoms with Crippen LogP contribution in [0.3, 0.4) is 0 Å². The summed E-state index contributed by atoms with van der Waals surface area (Å²) in [4.78, 5) is 59.6. The number of nitrogens with zero attached hydrogens (tertiary/aromatic N) is 2. The lowest BCUT2D eigenvalue weighted by molar-refractivity contribution is -0.146. The van der Waals surface area contributed by atoms with Gasteiger partial charge in [0.2, 0.25) is 17.7 Å². The molecular formula is C34H43ClN4O8. The Labute approximate surface area is 279 Å². The summed E-state index contributed by atoms with van der Waals surface area (Å²) < 4.78 is 17.4. The largest absolute Gasteiger partial charge is 0.494 e. The van der Waals surface area contributed by atoms with Crippen molar-refractivity contribution in [1.29, 1.82) is 0 Å². The number of alkyl carbamates (subject to hydrolysis) is 1. The summed E-state index contributed by atoms with van der Waals surface area (Å²) in [5.41, 5.74) is -2.24. The van der Waals surface area contributed by atoms with Crippen LogP contribution in [0.5, 0.6) is 11.6 Å². The third-order valence-corrected chi connectivity index (χ3v) is 9.31. The molecule has 1 aromatic heterocycles. The van der Waals surface area contributed by atoms with Crippen molar-refractivity contribution in [2.75, 3.05) is 13.7 Å². The third kappa shape index (κ3) is 7.42. The molecule has 0 unspecified atom stereocenters. The highest BCUT2D eigenvalue weighted by molar-refractivity contribution is 6.31. The molecule has 1 aromatic carbocycles. The van der Waals surface area contributed by atoms with Gasteiger partial charge in [-0.05, 0) is 64.7 Å². The van der Waals surface area contributed by atoms with Gasteiger partial charge in [0.25, 0.3) is 0 Å². The van der Waals surface area contributed by atoms with Crippen LogP contribution in [0, 0.1) is 11.8 Å². The number of nitrogens with one attached hydrogen (secondary N) is 2. The van der Waals surface area contributed by atoms with Gasteiger partial charge in [-0.1, -0.05) is 43.5 Å². The van der Waals surface area contributed by atoms with Crippen molar-refractivity contribution in [1.82, 2.24) is 20.5 Å². The summed E-state index contributed by atoms with van der Waals surface area (Å²) in [5, 5.41) is 17.5. The van der Waals surface area contributed by atoms with E-state index in [1.807, 2.05) is 12.2 Å². The molecule has 2 aliphatic heterocycles. The lowest BCUT2D eigenvalue weighted by atomic mass is 9.98. The average Bonchev–Trinajstić information content (AvgIpc) is 3.60. The van der Waals surface area contributed by atoms with E-state index < -0.39 is 59.1 Å². The van der Waals surface area contributed by atoms with Gasteiger partial charge < -0.3 is 34.9 Å². The number of rotatable bonds is 5. The molecule has 1 aliphatic carbocycles. The number of carbonyl (C=O) groups is 4. The fourth-order valence-corrected chi connectivity index (χ4v) is 6.66. The number of ether oxygens (including phenoxy) is 3. The van der Waals surface area contributed by atoms with E-state index in [0.29, 0.717) is 34.4 Å². The van der Waals surface area contributed by atoms with Crippen LogP contribution in [0.4, 0.5) is 4.79 Å². The number of methoxy groups -OCH3 is 1. The van der Waals surface area contributed by atoms with Crippen molar-refractivity contribution in [3.8, 4) is 11.6 Å². The van der Waals surface area contributed by atoms with E-state index in [1.165, 1.54) is 18.2 Å². The van der Waals surface area contributed by atoms with E-state index in [-0.39, 0.29) is 24.8 Å². The molecule has 0 bridgehead atoms. The number of allylic oxidation sites excluding steroid dienone is 1. The molecule has 3 amide bonds. The number of halogens is 1. The van der Waals surface area contributed by atoms with Crippen LogP contribution in [0.25, 0.3) is 10.8 Å². The number of fused-ring (bicyclic) bond motifs is 3. The second-order valence-electron chi connectivity index (χ2n) is 13.6. The summed E-state index contributed by atoms with van der Waals surface area (Å²) in [6, 6.07) is 3.16. The molecule has 254 valence electrons. The Morgan fingerprint density at radius 1 is 1.17 bits per heavy atom. The zero-order valence-electron chi connectivity index (χ0n) is 27.4. The van der Waals surface area contributed by atoms with Gasteiger partial charge in [0.05, 0.1) is 19.9 Å². The van der Waals surface area contributed by atoms with Gasteiger partial charge >= 0.3 is 12.1 Å². The lowest BCUT2D eigenvalue weighted by Crippen LogP contribution is -2.57. The van der Waals surface area contributed by atoms with Gasteiger partial charge in [0, 0.05) is 27.6 Å². The Morgan fingerprint density at radius 3 is 2.64 bits per heavy atom. The van der Waals surface area contributed by atoms with Crippen LogP contribution in [0.2, 0.25) is 5.02 Å². The minimum absolute atomic E-state index is 0.0102. The number of aromatic nitrogens is 1. The number of carbonyl (C=O) groups excluding carboxylic acids is 3. The van der Waals surface area contributed by atoms with E-state index >= 15 is 0 Å². The highest BCUT2D eigenvalue weighted by Crippen LogP contribution is 2.46. The van der Waals surface area contributed by atoms with Crippen LogP contribution in [-0.4, -0.2) is 81.8 Å². The predicted molar refractivity (Wildman–Crippen MR) is 174 cm³/mol. The van der Waals surface area contributed by atoms with Gasteiger partial charge in [0.1, 0.15) is 35.1 Å². The monoisotopic (exact) mass is 670 g/mol. The van der Waals surface area contributed by atoms with Gasteiger partial charge in [-0.2, -0.15) is 0 Å². The fourth-order valence-electron chi connectivity index (χ4n) is 6.49. The van der Waals surface area contributed by atoms with E-state index in [9.17, 15) is 24.3 Å². The standard InChI is InChI=1S/C34H43ClN4O8/c1-19-26(46-29-23-15-21(35)13-14-22(23)25(45-5)17-36-29)18-39-27(19)28(40)38-34(31(42)43)16-20(34)11-9-7-6-8-10-12-24(30(39)41)37-32(44)47-33(2,3)4/h9,11,13-15,17,19-20,24,26-27H,6-8,10,12,16,18H2,1-5H3,(H,37,44)(H,38,40)(H,42,43)/b11-9-/t19-,20+,24+,26+,27+,34-/m1/s1. The smallest absolute Gasteiger partial charge is 0.408 e. The Bertz CT molecular complexity index is 1580. The van der Waals surface area contributed by atoms with Gasteiger partial charge in [-0.25, -0.2) is 14.6 Å². The Kier molecular flexibility index (Phi) is 9.91. The number of hydrogen-bond acceptors (Lipinski definition) is 8. The molecule has 2 fully saturated rings. The average molecular weight is 671 g/mol. The van der Waals surface area contributed by atoms with Crippen LogP contribution in [0.15, 0.2) is 36.5 Å². The number of aliphatic carboxylic acids is 1. The SMILES string of the molecule is COc1cnc(O[C@H]2CN3C(=O)[C@@H](NC(=O)OC(C)(C)C)CCCCC/C=C\[C@H]4C[C@@]4(C(=O)O)NC(=O)[C@@H]3[C@@H]2C)c2cc(Cl)ccc12. The molecule has 12 nitrogen and oxygen atoms in total. The van der Waals surface area contributed by atoms with Gasteiger partial charge in [-0.3, -0.25) is 9.59 Å². The summed E-state index contributed by atoms with van der Waals surface area (Å²) in [6.07, 6.45) is 7.48. The molecule has 3 heterocycles. The zero-order valence-corrected chi connectivity index (χ0v) is 28.1. The van der Waals surface area contributed by atoms with E-state index in [4.69, 9.17) is 25.8 Å². The van der Waals surface area contributed by atoms with Gasteiger partial charge in [0.15, 0.2) is 0 Å². The topological polar surface area (TPSA) is 156 Å². The first-order valence-corrected chi connectivity index (χ1v) is 16.4. The molecule has 0 radical (unpaired) electrons. The summed E-state index contributed by atoms with van der Waals surface area (Å²) in [5.74, 6) is -2.39. The number of hydrogen-bond donors (Lipinski definition) is 3. The number of benzene rings is 1. The predicted octanol–water partition coefficient (Wildman–Crippen LogP) is 4.86. The second kappa shape index (κ2) is 13.6. The molecule has 1 saturated heterocycles. The Balaban J connectivity index is 1.50. The molecule has 0 spiro atoms. The molecule has 3 N–H and O–H groups in total. The number of carboxylic acid groups (broad SMARTS) is 1. The Morgan fingerprint density at radius 2 is 1.94 bits per heavy atom. The van der Waals surface area contributed by atoms with Crippen LogP contribution in [0.1, 0.15) is 66.2 Å². The minimum Gasteiger partial charge on any atom is -0.494 e. The molecule has 5 rings (SSSR count). The molecule has 13 heteroatoms. The van der Waals surface area contributed by atoms with Crippen LogP contribution >= 0.6 is 11.6 Å². The van der Waals surface area contributed by atoms with Crippen LogP contribution in [-0.2, 0) is 19.1 Å². The van der Waals surface area contributed by atoms with E-state index in [0.717, 1.165) is 19.3 Å².